The second-order valence-corrected chi connectivity index (χ2v) is 4.42. The van der Waals surface area contributed by atoms with Gasteiger partial charge in [-0.3, -0.25) is 4.79 Å². The van der Waals surface area contributed by atoms with Crippen LogP contribution in [0.15, 0.2) is 0 Å². The topological polar surface area (TPSA) is 41.6 Å². The third-order valence-electron chi connectivity index (χ3n) is 3.31. The predicted octanol–water partition coefficient (Wildman–Crippen LogP) is 0.233. The molecule has 4 heteroatoms. The first-order valence-electron chi connectivity index (χ1n) is 5.91. The van der Waals surface area contributed by atoms with Crippen LogP contribution in [0.1, 0.15) is 19.8 Å². The summed E-state index contributed by atoms with van der Waals surface area (Å²) in [7, 11) is 0. The molecule has 0 aromatic heterocycles. The van der Waals surface area contributed by atoms with Gasteiger partial charge in [0.2, 0.25) is 5.91 Å². The monoisotopic (exact) mass is 212 g/mol. The van der Waals surface area contributed by atoms with Gasteiger partial charge >= 0.3 is 0 Å². The van der Waals surface area contributed by atoms with Gasteiger partial charge in [-0.1, -0.05) is 6.92 Å². The number of hydrogen-bond acceptors (Lipinski definition) is 3. The summed E-state index contributed by atoms with van der Waals surface area (Å²) in [6.07, 6.45) is 2.10. The van der Waals surface area contributed by atoms with Crippen molar-refractivity contribution in [2.24, 2.45) is 5.92 Å². The Balaban J connectivity index is 2.10. The number of nitrogens with zero attached hydrogens (tertiary/aromatic N) is 1. The van der Waals surface area contributed by atoms with Crippen molar-refractivity contribution in [3.8, 4) is 0 Å². The van der Waals surface area contributed by atoms with Gasteiger partial charge in [-0.15, -0.1) is 0 Å². The van der Waals surface area contributed by atoms with Crippen LogP contribution < -0.4 is 5.32 Å². The molecule has 0 saturated carbocycles. The lowest BCUT2D eigenvalue weighted by molar-refractivity contribution is -0.136. The lowest BCUT2D eigenvalue weighted by Gasteiger charge is -2.37. The Morgan fingerprint density at radius 2 is 2.47 bits per heavy atom. The van der Waals surface area contributed by atoms with E-state index in [0.717, 1.165) is 39.1 Å². The molecule has 2 atom stereocenters. The number of piperidine rings is 1. The van der Waals surface area contributed by atoms with Gasteiger partial charge in [0.05, 0.1) is 6.61 Å². The predicted molar refractivity (Wildman–Crippen MR) is 57.6 cm³/mol. The van der Waals surface area contributed by atoms with Crippen molar-refractivity contribution in [2.75, 3.05) is 32.8 Å². The molecule has 15 heavy (non-hydrogen) atoms. The van der Waals surface area contributed by atoms with Crippen molar-refractivity contribution < 1.29 is 9.53 Å². The van der Waals surface area contributed by atoms with Crippen molar-refractivity contribution >= 4 is 5.91 Å². The lowest BCUT2D eigenvalue weighted by atomic mass is 9.92. The van der Waals surface area contributed by atoms with Crippen molar-refractivity contribution in [3.63, 3.8) is 0 Å². The average molecular weight is 212 g/mol. The fourth-order valence-corrected chi connectivity index (χ4v) is 2.59. The molecule has 0 bridgehead atoms. The smallest absolute Gasteiger partial charge is 0.248 e. The number of nitrogens with one attached hydrogen (secondary N) is 1. The van der Waals surface area contributed by atoms with Gasteiger partial charge < -0.3 is 15.0 Å². The van der Waals surface area contributed by atoms with Gasteiger partial charge in [-0.25, -0.2) is 0 Å². The Bertz CT molecular complexity index is 233. The molecule has 2 rings (SSSR count). The first-order chi connectivity index (χ1) is 7.33. The number of fused-ring (bicyclic) bond motifs is 1. The van der Waals surface area contributed by atoms with Gasteiger partial charge in [0.15, 0.2) is 0 Å². The SMILES string of the molecule is CCCN1C(=O)COC[C@H]2CNCC[C@@H]21. The minimum absolute atomic E-state index is 0.172. The fourth-order valence-electron chi connectivity index (χ4n) is 2.59. The summed E-state index contributed by atoms with van der Waals surface area (Å²) in [5.74, 6) is 0.656. The molecule has 2 aliphatic rings. The average Bonchev–Trinajstić information content (AvgIpc) is 2.40. The maximum atomic E-state index is 11.8. The molecule has 0 aromatic rings. The van der Waals surface area contributed by atoms with E-state index in [-0.39, 0.29) is 12.5 Å². The number of ether oxygens (including phenoxy) is 1. The summed E-state index contributed by atoms with van der Waals surface area (Å²) in [5.41, 5.74) is 0. The molecule has 86 valence electrons. The largest absolute Gasteiger partial charge is 0.371 e. The molecular formula is C11H20N2O2. The van der Waals surface area contributed by atoms with Crippen LogP contribution in [0.25, 0.3) is 0 Å². The van der Waals surface area contributed by atoms with E-state index < -0.39 is 0 Å². The molecule has 2 heterocycles. The van der Waals surface area contributed by atoms with Gasteiger partial charge in [0.25, 0.3) is 0 Å². The van der Waals surface area contributed by atoms with Crippen molar-refractivity contribution in [1.82, 2.24) is 10.2 Å². The first kappa shape index (κ1) is 10.9. The molecular weight excluding hydrogens is 192 g/mol. The highest BCUT2D eigenvalue weighted by atomic mass is 16.5. The van der Waals surface area contributed by atoms with E-state index in [2.05, 4.69) is 12.2 Å². The maximum absolute atomic E-state index is 11.8. The summed E-state index contributed by atoms with van der Waals surface area (Å²) in [6, 6.07) is 0.404. The second-order valence-electron chi connectivity index (χ2n) is 4.42. The number of carbonyl (C=O) groups is 1. The molecule has 2 fully saturated rings. The minimum Gasteiger partial charge on any atom is -0.371 e. The highest BCUT2D eigenvalue weighted by Crippen LogP contribution is 2.21. The Hall–Kier alpha value is -0.610. The van der Waals surface area contributed by atoms with Crippen LogP contribution in [0.3, 0.4) is 0 Å². The van der Waals surface area contributed by atoms with E-state index >= 15 is 0 Å². The molecule has 0 aromatic carbocycles. The van der Waals surface area contributed by atoms with Gasteiger partial charge in [-0.05, 0) is 19.4 Å². The first-order valence-corrected chi connectivity index (χ1v) is 5.91. The number of carbonyl (C=O) groups excluding carboxylic acids is 1. The fraction of sp³-hybridized carbons (Fsp3) is 0.909. The van der Waals surface area contributed by atoms with Crippen molar-refractivity contribution in [2.45, 2.75) is 25.8 Å². The third-order valence-corrected chi connectivity index (χ3v) is 3.31. The zero-order valence-corrected chi connectivity index (χ0v) is 9.37. The summed E-state index contributed by atoms with van der Waals surface area (Å²) in [5, 5.41) is 3.37. The number of rotatable bonds is 2. The molecule has 0 aliphatic carbocycles. The highest BCUT2D eigenvalue weighted by Gasteiger charge is 2.34. The zero-order valence-electron chi connectivity index (χ0n) is 9.37. The van der Waals surface area contributed by atoms with E-state index in [1.807, 2.05) is 4.90 Å². The van der Waals surface area contributed by atoms with E-state index in [9.17, 15) is 4.79 Å². The van der Waals surface area contributed by atoms with Gasteiger partial charge in [-0.2, -0.15) is 0 Å². The molecule has 2 aliphatic heterocycles. The van der Waals surface area contributed by atoms with Crippen LogP contribution in [-0.4, -0.2) is 49.7 Å². The van der Waals surface area contributed by atoms with E-state index in [0.29, 0.717) is 12.0 Å². The Morgan fingerprint density at radius 1 is 1.60 bits per heavy atom. The van der Waals surface area contributed by atoms with Crippen LogP contribution in [0.4, 0.5) is 0 Å². The summed E-state index contributed by atoms with van der Waals surface area (Å²) in [6.45, 7) is 6.00. The lowest BCUT2D eigenvalue weighted by Crippen LogP contribution is -2.51. The molecule has 1 N–H and O–H groups in total. The molecule has 2 saturated heterocycles. The number of hydrogen-bond donors (Lipinski definition) is 1. The zero-order chi connectivity index (χ0) is 10.7. The van der Waals surface area contributed by atoms with Gasteiger partial charge in [0.1, 0.15) is 6.61 Å². The normalized spacial score (nSPS) is 32.3. The maximum Gasteiger partial charge on any atom is 0.248 e. The second kappa shape index (κ2) is 4.94. The molecule has 0 spiro atoms. The molecule has 0 unspecified atom stereocenters. The van der Waals surface area contributed by atoms with E-state index in [1.54, 1.807) is 0 Å². The third kappa shape index (κ3) is 2.32. The van der Waals surface area contributed by atoms with Crippen LogP contribution >= 0.6 is 0 Å². The quantitative estimate of drug-likeness (QED) is 0.712. The Morgan fingerprint density at radius 3 is 3.27 bits per heavy atom. The summed E-state index contributed by atoms with van der Waals surface area (Å²) >= 11 is 0. The van der Waals surface area contributed by atoms with Crippen LogP contribution in [-0.2, 0) is 9.53 Å². The molecule has 0 radical (unpaired) electrons. The standard InChI is InChI=1S/C11H20N2O2/c1-2-5-13-10-3-4-12-6-9(10)7-15-8-11(13)14/h9-10,12H,2-8H2,1H3/t9-,10+/m1/s1. The number of amides is 1. The summed E-state index contributed by atoms with van der Waals surface area (Å²) < 4.78 is 5.42. The summed E-state index contributed by atoms with van der Waals surface area (Å²) in [4.78, 5) is 13.9. The van der Waals surface area contributed by atoms with Crippen LogP contribution in [0.5, 0.6) is 0 Å². The minimum atomic E-state index is 0.172. The molecule has 1 amide bonds. The van der Waals surface area contributed by atoms with E-state index in [1.165, 1.54) is 0 Å². The highest BCUT2D eigenvalue weighted by molar-refractivity contribution is 5.78. The Labute approximate surface area is 91.0 Å². The van der Waals surface area contributed by atoms with Crippen LogP contribution in [0.2, 0.25) is 0 Å². The van der Waals surface area contributed by atoms with Crippen molar-refractivity contribution in [3.05, 3.63) is 0 Å². The Kier molecular flexibility index (Phi) is 3.59. The molecule has 4 nitrogen and oxygen atoms in total. The van der Waals surface area contributed by atoms with Crippen molar-refractivity contribution in [1.29, 1.82) is 0 Å². The van der Waals surface area contributed by atoms with Gasteiger partial charge in [0, 0.05) is 25.0 Å². The van der Waals surface area contributed by atoms with E-state index in [4.69, 9.17) is 4.74 Å². The van der Waals surface area contributed by atoms with Crippen LogP contribution in [0, 0.1) is 5.92 Å².